The molecule has 6 heteroatoms. The van der Waals surface area contributed by atoms with E-state index in [1.165, 1.54) is 18.3 Å². The Morgan fingerprint density at radius 3 is 2.47 bits per heavy atom. The van der Waals surface area contributed by atoms with Crippen LogP contribution in [0.5, 0.6) is 0 Å². The van der Waals surface area contributed by atoms with Crippen LogP contribution >= 0.6 is 11.3 Å². The second-order valence-corrected chi connectivity index (χ2v) is 8.32. The molecule has 0 saturated heterocycles. The molecule has 0 unspecified atom stereocenters. The highest BCUT2D eigenvalue weighted by Crippen LogP contribution is 2.49. The predicted molar refractivity (Wildman–Crippen MR) is 118 cm³/mol. The standard InChI is InChI=1S/C24H24N2O3S/c1-3-18-9-7-8-12-21(18)26(17(2)27)23-25-20(16-30-23)15-29-22(28)24(13-14-24)19-10-5-4-6-11-19/h4-12,16H,3,13-15H2,1-2H3. The predicted octanol–water partition coefficient (Wildman–Crippen LogP) is 5.17. The van der Waals surface area contributed by atoms with Gasteiger partial charge in [-0.2, -0.15) is 0 Å². The van der Waals surface area contributed by atoms with Crippen molar-refractivity contribution < 1.29 is 14.3 Å². The Labute approximate surface area is 180 Å². The van der Waals surface area contributed by atoms with Gasteiger partial charge in [-0.05, 0) is 36.5 Å². The van der Waals surface area contributed by atoms with Crippen LogP contribution in [0.25, 0.3) is 0 Å². The third-order valence-corrected chi connectivity index (χ3v) is 6.35. The normalized spacial score (nSPS) is 14.2. The summed E-state index contributed by atoms with van der Waals surface area (Å²) in [5.41, 5.74) is 3.06. The summed E-state index contributed by atoms with van der Waals surface area (Å²) in [7, 11) is 0. The van der Waals surface area contributed by atoms with Crippen molar-refractivity contribution in [2.75, 3.05) is 4.90 Å². The summed E-state index contributed by atoms with van der Waals surface area (Å²) < 4.78 is 5.62. The molecule has 0 radical (unpaired) electrons. The summed E-state index contributed by atoms with van der Waals surface area (Å²) in [5, 5.41) is 2.42. The van der Waals surface area contributed by atoms with Crippen LogP contribution in [0.2, 0.25) is 0 Å². The molecule has 3 aromatic rings. The zero-order valence-corrected chi connectivity index (χ0v) is 17.9. The first-order valence-corrected chi connectivity index (χ1v) is 11.0. The number of benzene rings is 2. The zero-order chi connectivity index (χ0) is 21.1. The second kappa shape index (κ2) is 8.40. The van der Waals surface area contributed by atoms with Gasteiger partial charge in [0.25, 0.3) is 0 Å². The maximum absolute atomic E-state index is 12.7. The molecule has 5 nitrogen and oxygen atoms in total. The van der Waals surface area contributed by atoms with Gasteiger partial charge < -0.3 is 4.74 Å². The topological polar surface area (TPSA) is 59.5 Å². The molecule has 1 aromatic heterocycles. The highest BCUT2D eigenvalue weighted by atomic mass is 32.1. The maximum atomic E-state index is 12.7. The van der Waals surface area contributed by atoms with Crippen LogP contribution in [0.15, 0.2) is 60.0 Å². The summed E-state index contributed by atoms with van der Waals surface area (Å²) in [6.07, 6.45) is 2.44. The molecule has 1 heterocycles. The molecule has 0 bridgehead atoms. The van der Waals surface area contributed by atoms with Crippen molar-refractivity contribution in [3.8, 4) is 0 Å². The highest BCUT2D eigenvalue weighted by Gasteiger charge is 2.52. The fraction of sp³-hybridized carbons (Fsp3) is 0.292. The molecule has 0 aliphatic heterocycles. The third kappa shape index (κ3) is 3.87. The van der Waals surface area contributed by atoms with Gasteiger partial charge in [0, 0.05) is 12.3 Å². The van der Waals surface area contributed by atoms with E-state index in [4.69, 9.17) is 4.74 Å². The van der Waals surface area contributed by atoms with Crippen molar-refractivity contribution in [2.45, 2.75) is 45.1 Å². The lowest BCUT2D eigenvalue weighted by atomic mass is 9.96. The van der Waals surface area contributed by atoms with E-state index >= 15 is 0 Å². The number of ether oxygens (including phenoxy) is 1. The quantitative estimate of drug-likeness (QED) is 0.495. The molecule has 0 atom stereocenters. The number of aromatic nitrogens is 1. The number of nitrogens with zero attached hydrogens (tertiary/aromatic N) is 2. The molecule has 1 amide bonds. The van der Waals surface area contributed by atoms with E-state index in [-0.39, 0.29) is 18.5 Å². The van der Waals surface area contributed by atoms with Crippen molar-refractivity contribution >= 4 is 34.0 Å². The van der Waals surface area contributed by atoms with Crippen molar-refractivity contribution in [3.63, 3.8) is 0 Å². The maximum Gasteiger partial charge on any atom is 0.316 e. The number of esters is 1. The van der Waals surface area contributed by atoms with E-state index < -0.39 is 5.41 Å². The van der Waals surface area contributed by atoms with Crippen molar-refractivity contribution in [1.29, 1.82) is 0 Å². The Bertz CT molecular complexity index is 1060. The lowest BCUT2D eigenvalue weighted by molar-refractivity contribution is -0.148. The van der Waals surface area contributed by atoms with Gasteiger partial charge in [-0.1, -0.05) is 55.5 Å². The number of para-hydroxylation sites is 1. The monoisotopic (exact) mass is 420 g/mol. The molecule has 154 valence electrons. The summed E-state index contributed by atoms with van der Waals surface area (Å²) in [6, 6.07) is 17.6. The molecule has 1 aliphatic rings. The fourth-order valence-electron chi connectivity index (χ4n) is 3.67. The van der Waals surface area contributed by atoms with Gasteiger partial charge >= 0.3 is 5.97 Å². The average molecular weight is 421 g/mol. The molecule has 1 aliphatic carbocycles. The smallest absolute Gasteiger partial charge is 0.316 e. The Kier molecular flexibility index (Phi) is 5.68. The number of carbonyl (C=O) groups excluding carboxylic acids is 2. The number of amides is 1. The van der Waals surface area contributed by atoms with E-state index in [2.05, 4.69) is 11.9 Å². The van der Waals surface area contributed by atoms with Crippen LogP contribution in [-0.2, 0) is 32.8 Å². The number of hydrogen-bond acceptors (Lipinski definition) is 5. The van der Waals surface area contributed by atoms with Crippen LogP contribution in [0, 0.1) is 0 Å². The molecule has 30 heavy (non-hydrogen) atoms. The van der Waals surface area contributed by atoms with Gasteiger partial charge in [0.15, 0.2) is 5.13 Å². The summed E-state index contributed by atoms with van der Waals surface area (Å²) >= 11 is 1.37. The Morgan fingerprint density at radius 1 is 1.10 bits per heavy atom. The lowest BCUT2D eigenvalue weighted by Gasteiger charge is -2.21. The van der Waals surface area contributed by atoms with Crippen LogP contribution in [0.1, 0.15) is 43.5 Å². The summed E-state index contributed by atoms with van der Waals surface area (Å²) in [5.74, 6) is -0.308. The van der Waals surface area contributed by atoms with Gasteiger partial charge in [-0.25, -0.2) is 4.98 Å². The number of thiazole rings is 1. The minimum Gasteiger partial charge on any atom is -0.458 e. The average Bonchev–Trinajstić information content (AvgIpc) is 3.46. The first-order chi connectivity index (χ1) is 14.5. The first-order valence-electron chi connectivity index (χ1n) is 10.1. The minimum atomic E-state index is -0.508. The number of aryl methyl sites for hydroxylation is 1. The number of anilines is 2. The molecule has 1 fully saturated rings. The number of carbonyl (C=O) groups is 2. The Morgan fingerprint density at radius 2 is 1.80 bits per heavy atom. The fourth-order valence-corrected chi connectivity index (χ4v) is 4.54. The second-order valence-electron chi connectivity index (χ2n) is 7.48. The van der Waals surface area contributed by atoms with Crippen molar-refractivity contribution in [3.05, 3.63) is 76.8 Å². The molecule has 1 saturated carbocycles. The van der Waals surface area contributed by atoms with Gasteiger partial charge in [-0.3, -0.25) is 14.5 Å². The van der Waals surface area contributed by atoms with Gasteiger partial charge in [-0.15, -0.1) is 11.3 Å². The van der Waals surface area contributed by atoms with Crippen molar-refractivity contribution in [1.82, 2.24) is 4.98 Å². The van der Waals surface area contributed by atoms with E-state index in [1.807, 2.05) is 60.0 Å². The third-order valence-electron chi connectivity index (χ3n) is 5.48. The Balaban J connectivity index is 1.49. The Hall–Kier alpha value is -2.99. The van der Waals surface area contributed by atoms with Crippen LogP contribution in [0.3, 0.4) is 0 Å². The highest BCUT2D eigenvalue weighted by molar-refractivity contribution is 7.14. The van der Waals surface area contributed by atoms with Crippen LogP contribution in [-0.4, -0.2) is 16.9 Å². The van der Waals surface area contributed by atoms with E-state index in [0.29, 0.717) is 10.8 Å². The summed E-state index contributed by atoms with van der Waals surface area (Å²) in [4.78, 5) is 31.3. The SMILES string of the molecule is CCc1ccccc1N(C(C)=O)c1nc(COC(=O)C2(c3ccccc3)CC2)cs1. The van der Waals surface area contributed by atoms with Crippen molar-refractivity contribution in [2.24, 2.45) is 0 Å². The van der Waals surface area contributed by atoms with E-state index in [0.717, 1.165) is 36.1 Å². The number of hydrogen-bond donors (Lipinski definition) is 0. The van der Waals surface area contributed by atoms with E-state index in [1.54, 1.807) is 4.90 Å². The summed E-state index contributed by atoms with van der Waals surface area (Å²) in [6.45, 7) is 3.69. The van der Waals surface area contributed by atoms with E-state index in [9.17, 15) is 9.59 Å². The van der Waals surface area contributed by atoms with Crippen LogP contribution < -0.4 is 4.90 Å². The lowest BCUT2D eigenvalue weighted by Crippen LogP contribution is -2.24. The first kappa shape index (κ1) is 20.3. The molecular formula is C24H24N2O3S. The minimum absolute atomic E-state index is 0.102. The van der Waals surface area contributed by atoms with Gasteiger partial charge in [0.2, 0.25) is 5.91 Å². The van der Waals surface area contributed by atoms with Gasteiger partial charge in [0.1, 0.15) is 6.61 Å². The van der Waals surface area contributed by atoms with Crippen LogP contribution in [0.4, 0.5) is 10.8 Å². The largest absolute Gasteiger partial charge is 0.458 e. The van der Waals surface area contributed by atoms with Gasteiger partial charge in [0.05, 0.1) is 16.8 Å². The molecular weight excluding hydrogens is 396 g/mol. The molecule has 4 rings (SSSR count). The molecule has 0 spiro atoms. The molecule has 2 aromatic carbocycles. The molecule has 0 N–H and O–H groups in total. The number of rotatable bonds is 7. The zero-order valence-electron chi connectivity index (χ0n) is 17.1.